The van der Waals surface area contributed by atoms with E-state index in [-0.39, 0.29) is 12.1 Å². The molecule has 1 saturated heterocycles. The van der Waals surface area contributed by atoms with Crippen molar-refractivity contribution in [3.05, 3.63) is 35.2 Å². The van der Waals surface area contributed by atoms with Crippen LogP contribution in [0, 0.1) is 0 Å². The molecule has 132 valence electrons. The molecule has 2 amide bonds. The van der Waals surface area contributed by atoms with Crippen LogP contribution in [0.25, 0.3) is 11.4 Å². The van der Waals surface area contributed by atoms with Crippen LogP contribution in [0.15, 0.2) is 28.8 Å². The quantitative estimate of drug-likeness (QED) is 0.891. The summed E-state index contributed by atoms with van der Waals surface area (Å²) in [6, 6.07) is 7.48. The van der Waals surface area contributed by atoms with Gasteiger partial charge >= 0.3 is 6.03 Å². The minimum Gasteiger partial charge on any atom is -0.337 e. The molecule has 1 saturated carbocycles. The van der Waals surface area contributed by atoms with E-state index in [0.717, 1.165) is 37.8 Å². The van der Waals surface area contributed by atoms with Crippen molar-refractivity contribution in [1.82, 2.24) is 20.4 Å². The number of hydrogen-bond acceptors (Lipinski definition) is 4. The first-order valence-electron chi connectivity index (χ1n) is 8.87. The molecule has 0 unspecified atom stereocenters. The number of urea groups is 1. The number of aromatic nitrogens is 2. The molecule has 1 aromatic carbocycles. The van der Waals surface area contributed by atoms with E-state index >= 15 is 0 Å². The summed E-state index contributed by atoms with van der Waals surface area (Å²) in [4.78, 5) is 19.0. The molecule has 2 fully saturated rings. The van der Waals surface area contributed by atoms with Crippen molar-refractivity contribution in [2.45, 2.75) is 50.6 Å². The van der Waals surface area contributed by atoms with E-state index in [9.17, 15) is 4.79 Å². The average Bonchev–Trinajstić information content (AvgIpc) is 3.35. The summed E-state index contributed by atoms with van der Waals surface area (Å²) in [6.07, 6.45) is 6.32. The SMILES string of the molecule is O=C(NC1CCCC1)N1CCC[C@H]1c1nc(-c2cccc(Cl)c2)no1. The second-order valence-electron chi connectivity index (χ2n) is 6.75. The predicted molar refractivity (Wildman–Crippen MR) is 94.2 cm³/mol. The fraction of sp³-hybridized carbons (Fsp3) is 0.500. The molecule has 6 nitrogen and oxygen atoms in total. The molecule has 1 aliphatic heterocycles. The summed E-state index contributed by atoms with van der Waals surface area (Å²) in [7, 11) is 0. The highest BCUT2D eigenvalue weighted by Gasteiger charge is 2.35. The first-order chi connectivity index (χ1) is 12.2. The second-order valence-corrected chi connectivity index (χ2v) is 7.19. The van der Waals surface area contributed by atoms with Crippen LogP contribution >= 0.6 is 11.6 Å². The Kier molecular flexibility index (Phi) is 4.61. The lowest BCUT2D eigenvalue weighted by atomic mass is 10.2. The van der Waals surface area contributed by atoms with Crippen molar-refractivity contribution in [2.24, 2.45) is 0 Å². The molecule has 7 heteroatoms. The molecule has 2 heterocycles. The van der Waals surface area contributed by atoms with Crippen LogP contribution in [0.5, 0.6) is 0 Å². The second kappa shape index (κ2) is 7.04. The first-order valence-corrected chi connectivity index (χ1v) is 9.25. The number of likely N-dealkylation sites (tertiary alicyclic amines) is 1. The summed E-state index contributed by atoms with van der Waals surface area (Å²) in [5.41, 5.74) is 0.808. The Morgan fingerprint density at radius 2 is 2.08 bits per heavy atom. The fourth-order valence-electron chi connectivity index (χ4n) is 3.71. The van der Waals surface area contributed by atoms with Crippen LogP contribution in [-0.2, 0) is 0 Å². The third kappa shape index (κ3) is 3.49. The Bertz CT molecular complexity index is 757. The summed E-state index contributed by atoms with van der Waals surface area (Å²) in [6.45, 7) is 0.720. The molecule has 1 N–H and O–H groups in total. The number of benzene rings is 1. The highest BCUT2D eigenvalue weighted by molar-refractivity contribution is 6.30. The molecule has 1 atom stereocenters. The van der Waals surface area contributed by atoms with Gasteiger partial charge in [-0.05, 0) is 37.8 Å². The highest BCUT2D eigenvalue weighted by Crippen LogP contribution is 2.32. The molecular weight excluding hydrogens is 340 g/mol. The van der Waals surface area contributed by atoms with Gasteiger partial charge in [0.1, 0.15) is 6.04 Å². The number of hydrogen-bond donors (Lipinski definition) is 1. The Morgan fingerprint density at radius 3 is 2.88 bits per heavy atom. The topological polar surface area (TPSA) is 71.3 Å². The van der Waals surface area contributed by atoms with E-state index in [0.29, 0.717) is 22.8 Å². The van der Waals surface area contributed by atoms with Crippen LogP contribution in [0.4, 0.5) is 4.79 Å². The van der Waals surface area contributed by atoms with Gasteiger partial charge in [0.15, 0.2) is 0 Å². The number of carbonyl (C=O) groups is 1. The molecule has 4 rings (SSSR count). The van der Waals surface area contributed by atoms with E-state index in [1.54, 1.807) is 12.1 Å². The number of nitrogens with zero attached hydrogens (tertiary/aromatic N) is 3. The van der Waals surface area contributed by atoms with Gasteiger partial charge in [0.25, 0.3) is 0 Å². The molecule has 2 aromatic rings. The van der Waals surface area contributed by atoms with E-state index in [1.165, 1.54) is 12.8 Å². The van der Waals surface area contributed by atoms with Gasteiger partial charge in [-0.25, -0.2) is 4.79 Å². The van der Waals surface area contributed by atoms with Gasteiger partial charge < -0.3 is 14.7 Å². The van der Waals surface area contributed by atoms with Gasteiger partial charge in [-0.2, -0.15) is 4.98 Å². The summed E-state index contributed by atoms with van der Waals surface area (Å²) < 4.78 is 5.47. The normalized spacial score (nSPS) is 21.0. The molecule has 1 aliphatic carbocycles. The van der Waals surface area contributed by atoms with Crippen molar-refractivity contribution < 1.29 is 9.32 Å². The molecule has 25 heavy (non-hydrogen) atoms. The van der Waals surface area contributed by atoms with Gasteiger partial charge in [0.2, 0.25) is 11.7 Å². The minimum atomic E-state index is -0.151. The third-order valence-corrected chi connectivity index (χ3v) is 5.24. The van der Waals surface area contributed by atoms with Crippen molar-refractivity contribution in [2.75, 3.05) is 6.54 Å². The number of carbonyl (C=O) groups excluding carboxylic acids is 1. The Balaban J connectivity index is 1.49. The summed E-state index contributed by atoms with van der Waals surface area (Å²) in [5, 5.41) is 7.84. The maximum absolute atomic E-state index is 12.6. The van der Waals surface area contributed by atoms with Gasteiger partial charge in [-0.1, -0.05) is 41.7 Å². The zero-order valence-corrected chi connectivity index (χ0v) is 14.7. The lowest BCUT2D eigenvalue weighted by Gasteiger charge is -2.24. The van der Waals surface area contributed by atoms with Crippen molar-refractivity contribution >= 4 is 17.6 Å². The number of nitrogens with one attached hydrogen (secondary N) is 1. The Labute approximate surface area is 151 Å². The molecular formula is C18H21ClN4O2. The maximum Gasteiger partial charge on any atom is 0.318 e. The van der Waals surface area contributed by atoms with Crippen LogP contribution in [-0.4, -0.2) is 33.7 Å². The maximum atomic E-state index is 12.6. The number of amides is 2. The largest absolute Gasteiger partial charge is 0.337 e. The number of halogens is 1. The summed E-state index contributed by atoms with van der Waals surface area (Å²) >= 11 is 6.03. The van der Waals surface area contributed by atoms with Gasteiger partial charge in [-0.15, -0.1) is 0 Å². The minimum absolute atomic E-state index is 0.0168. The van der Waals surface area contributed by atoms with E-state index in [4.69, 9.17) is 16.1 Å². The Morgan fingerprint density at radius 1 is 1.24 bits per heavy atom. The van der Waals surface area contributed by atoms with Crippen LogP contribution in [0.1, 0.15) is 50.5 Å². The lowest BCUT2D eigenvalue weighted by Crippen LogP contribution is -2.43. The van der Waals surface area contributed by atoms with E-state index < -0.39 is 0 Å². The van der Waals surface area contributed by atoms with Crippen molar-refractivity contribution in [3.63, 3.8) is 0 Å². The molecule has 0 radical (unpaired) electrons. The van der Waals surface area contributed by atoms with Crippen molar-refractivity contribution in [3.8, 4) is 11.4 Å². The monoisotopic (exact) mass is 360 g/mol. The van der Waals surface area contributed by atoms with E-state index in [2.05, 4.69) is 15.5 Å². The third-order valence-electron chi connectivity index (χ3n) is 5.01. The highest BCUT2D eigenvalue weighted by atomic mass is 35.5. The van der Waals surface area contributed by atoms with Gasteiger partial charge in [0.05, 0.1) is 0 Å². The first kappa shape index (κ1) is 16.4. The predicted octanol–water partition coefficient (Wildman–Crippen LogP) is 4.18. The zero-order valence-electron chi connectivity index (χ0n) is 13.9. The molecule has 1 aromatic heterocycles. The number of rotatable bonds is 3. The zero-order chi connectivity index (χ0) is 17.2. The smallest absolute Gasteiger partial charge is 0.318 e. The van der Waals surface area contributed by atoms with Crippen LogP contribution in [0.2, 0.25) is 5.02 Å². The van der Waals surface area contributed by atoms with Gasteiger partial charge in [-0.3, -0.25) is 0 Å². The van der Waals surface area contributed by atoms with Crippen LogP contribution < -0.4 is 5.32 Å². The average molecular weight is 361 g/mol. The van der Waals surface area contributed by atoms with E-state index in [1.807, 2.05) is 17.0 Å². The molecule has 0 spiro atoms. The molecule has 2 aliphatic rings. The molecule has 0 bridgehead atoms. The van der Waals surface area contributed by atoms with Crippen LogP contribution in [0.3, 0.4) is 0 Å². The fourth-order valence-corrected chi connectivity index (χ4v) is 3.90. The van der Waals surface area contributed by atoms with Gasteiger partial charge in [0, 0.05) is 23.2 Å². The standard InChI is InChI=1S/C18H21ClN4O2/c19-13-6-3-5-12(11-13)16-21-17(25-22-16)15-9-4-10-23(15)18(24)20-14-7-1-2-8-14/h3,5-6,11,14-15H,1-2,4,7-10H2,(H,20,24)/t15-/m0/s1. The van der Waals surface area contributed by atoms with Crippen molar-refractivity contribution in [1.29, 1.82) is 0 Å². The Hall–Kier alpha value is -2.08. The lowest BCUT2D eigenvalue weighted by molar-refractivity contribution is 0.177. The summed E-state index contributed by atoms with van der Waals surface area (Å²) in [5.74, 6) is 0.995.